The van der Waals surface area contributed by atoms with Crippen LogP contribution in [0.25, 0.3) is 43.4 Å². The number of aryl methyl sites for hydroxylation is 2. The smallest absolute Gasteiger partial charge is 0.319 e. The molecule has 3 N–H and O–H groups in total. The average Bonchev–Trinajstić information content (AvgIpc) is 4.30. The van der Waals surface area contributed by atoms with E-state index in [-0.39, 0.29) is 46.7 Å². The number of fused-ring (bicyclic) bond motifs is 5. The number of aromatic hydroxyl groups is 1. The van der Waals surface area contributed by atoms with Crippen molar-refractivity contribution in [1.29, 1.82) is 0 Å². The second-order valence-corrected chi connectivity index (χ2v) is 23.3. The van der Waals surface area contributed by atoms with E-state index >= 15 is 4.39 Å². The lowest BCUT2D eigenvalue weighted by molar-refractivity contribution is -0.141. The molecule has 3 aromatic carbocycles. The Balaban J connectivity index is 0.697. The summed E-state index contributed by atoms with van der Waals surface area (Å²) in [5.41, 5.74) is 6.78. The topological polar surface area (TPSA) is 178 Å². The first-order chi connectivity index (χ1) is 37.4. The molecule has 5 aliphatic rings. The minimum Gasteiger partial charge on any atom is -0.508 e. The maximum absolute atomic E-state index is 17.2. The van der Waals surface area contributed by atoms with Gasteiger partial charge in [-0.2, -0.15) is 9.97 Å². The molecule has 2 amide bonds. The highest BCUT2D eigenvalue weighted by Gasteiger charge is 2.43. The van der Waals surface area contributed by atoms with Gasteiger partial charge in [-0.25, -0.2) is 9.37 Å². The average molecular weight is 1060 g/mol. The minimum absolute atomic E-state index is 0.0407. The Labute approximate surface area is 452 Å². The first-order valence-electron chi connectivity index (χ1n) is 27.7. The summed E-state index contributed by atoms with van der Waals surface area (Å²) < 4.78 is 29.6. The van der Waals surface area contributed by atoms with E-state index in [9.17, 15) is 14.7 Å². The van der Waals surface area contributed by atoms with Gasteiger partial charge in [0.25, 0.3) is 0 Å². The van der Waals surface area contributed by atoms with Gasteiger partial charge in [-0.15, -0.1) is 11.3 Å². The van der Waals surface area contributed by atoms with Crippen molar-refractivity contribution in [1.82, 2.24) is 45.5 Å². The van der Waals surface area contributed by atoms with E-state index in [0.29, 0.717) is 72.6 Å². The summed E-state index contributed by atoms with van der Waals surface area (Å²) >= 11 is 1.61. The zero-order valence-corrected chi connectivity index (χ0v) is 45.4. The highest BCUT2D eigenvalue weighted by molar-refractivity contribution is 7.13. The van der Waals surface area contributed by atoms with Crippen molar-refractivity contribution in [3.63, 3.8) is 0 Å². The number of likely N-dealkylation sites (tertiary alicyclic amines) is 2. The Kier molecular flexibility index (Phi) is 14.1. The number of rotatable bonds is 15. The molecule has 2 bridgehead atoms. The van der Waals surface area contributed by atoms with Crippen molar-refractivity contribution in [2.24, 2.45) is 17.8 Å². The molecule has 5 fully saturated rings. The van der Waals surface area contributed by atoms with Gasteiger partial charge >= 0.3 is 6.01 Å². The second kappa shape index (κ2) is 21.2. The van der Waals surface area contributed by atoms with Crippen molar-refractivity contribution >= 4 is 56.5 Å². The van der Waals surface area contributed by atoms with Crippen LogP contribution >= 0.6 is 11.3 Å². The molecule has 0 radical (unpaired) electrons. The van der Waals surface area contributed by atoms with Gasteiger partial charge in [-0.1, -0.05) is 68.4 Å². The van der Waals surface area contributed by atoms with Crippen molar-refractivity contribution in [2.75, 3.05) is 68.8 Å². The fraction of sp³-hybridized carbons (Fsp3) is 0.475. The molecule has 7 unspecified atom stereocenters. The lowest BCUT2D eigenvalue weighted by Crippen LogP contribution is -2.51. The lowest BCUT2D eigenvalue weighted by atomic mass is 9.89. The molecular formula is C59H68FN11O5S. The molecule has 5 saturated heterocycles. The van der Waals surface area contributed by atoms with E-state index in [4.69, 9.17) is 24.2 Å². The number of phenols is 1. The Morgan fingerprint density at radius 2 is 1.74 bits per heavy atom. The van der Waals surface area contributed by atoms with Crippen LogP contribution in [0.5, 0.6) is 11.8 Å². The molecule has 77 heavy (non-hydrogen) atoms. The maximum Gasteiger partial charge on any atom is 0.319 e. The SMILES string of the molecule is CCc1cccc2cc(O)cc(-c3ncc4c(N5CC6CCC(C5)N6)nc(OCCN5CCC6CN(c7cc(C(C(=O)N8CCCC8C(=O)NC(C)c8ccc(-c9scnc9C)cc8)C(C)C)on7)CC6C5)nc4c3F)c12. The number of carbonyl (C=O) groups is 2. The van der Waals surface area contributed by atoms with Gasteiger partial charge < -0.3 is 39.7 Å². The van der Waals surface area contributed by atoms with Gasteiger partial charge in [0.05, 0.1) is 27.5 Å². The largest absolute Gasteiger partial charge is 0.508 e. The minimum atomic E-state index is -0.581. The summed E-state index contributed by atoms with van der Waals surface area (Å²) in [5, 5.41) is 24.5. The van der Waals surface area contributed by atoms with Crippen LogP contribution < -0.4 is 25.2 Å². The van der Waals surface area contributed by atoms with Gasteiger partial charge in [0.2, 0.25) is 11.8 Å². The third kappa shape index (κ3) is 9.97. The number of anilines is 2. The monoisotopic (exact) mass is 1060 g/mol. The zero-order valence-electron chi connectivity index (χ0n) is 44.5. The highest BCUT2D eigenvalue weighted by Crippen LogP contribution is 2.41. The van der Waals surface area contributed by atoms with Crippen LogP contribution in [0, 0.1) is 30.5 Å². The van der Waals surface area contributed by atoms with E-state index in [1.807, 2.05) is 69.6 Å². The number of benzene rings is 3. The van der Waals surface area contributed by atoms with E-state index in [1.165, 1.54) is 0 Å². The summed E-state index contributed by atoms with van der Waals surface area (Å²) in [4.78, 5) is 57.0. The van der Waals surface area contributed by atoms with Gasteiger partial charge in [0, 0.05) is 75.7 Å². The van der Waals surface area contributed by atoms with E-state index in [2.05, 4.69) is 54.5 Å². The number of pyridine rings is 1. The molecule has 5 aliphatic heterocycles. The molecule has 4 aromatic heterocycles. The van der Waals surface area contributed by atoms with Gasteiger partial charge in [0.1, 0.15) is 41.3 Å². The number of nitrogens with zero attached hydrogens (tertiary/aromatic N) is 9. The van der Waals surface area contributed by atoms with Gasteiger partial charge in [-0.3, -0.25) is 19.5 Å². The first kappa shape index (κ1) is 51.0. The first-order valence-corrected chi connectivity index (χ1v) is 28.6. The van der Waals surface area contributed by atoms with Gasteiger partial charge in [0.15, 0.2) is 17.4 Å². The number of amides is 2. The van der Waals surface area contributed by atoms with Crippen molar-refractivity contribution in [3.05, 3.63) is 101 Å². The van der Waals surface area contributed by atoms with Gasteiger partial charge in [-0.05, 0) is 116 Å². The molecular weight excluding hydrogens is 994 g/mol. The molecule has 0 saturated carbocycles. The number of aromatic nitrogens is 5. The van der Waals surface area contributed by atoms with Crippen LogP contribution in [0.2, 0.25) is 0 Å². The fourth-order valence-corrected chi connectivity index (χ4v) is 13.9. The number of hydrogen-bond acceptors (Lipinski definition) is 15. The van der Waals surface area contributed by atoms with Crippen molar-refractivity contribution in [2.45, 2.75) is 103 Å². The Morgan fingerprint density at radius 3 is 2.51 bits per heavy atom. The Bertz CT molecular complexity index is 3320. The van der Waals surface area contributed by atoms with Crippen LogP contribution in [0.4, 0.5) is 16.0 Å². The molecule has 7 aromatic rings. The fourth-order valence-electron chi connectivity index (χ4n) is 13.0. The predicted octanol–water partition coefficient (Wildman–Crippen LogP) is 9.06. The van der Waals surface area contributed by atoms with Crippen LogP contribution in [0.3, 0.4) is 0 Å². The van der Waals surface area contributed by atoms with Crippen LogP contribution in [-0.2, 0) is 16.0 Å². The molecule has 9 heterocycles. The van der Waals surface area contributed by atoms with E-state index in [1.54, 1.807) is 34.6 Å². The van der Waals surface area contributed by atoms with Crippen LogP contribution in [0.1, 0.15) is 94.3 Å². The molecule has 16 nitrogen and oxygen atoms in total. The number of piperazine rings is 1. The molecule has 0 aliphatic carbocycles. The standard InChI is InChI=1S/C59H68FN11O5S/c1-6-36-9-7-10-39-23-44(72)24-45(51(36)39)53-52(60)54-46(26-61-53)56(70-30-42-16-17-43(31-70)64-42)66-59(65-54)75-22-21-68-20-18-40-28-69(29-41(40)27-68)49-25-48(76-67-49)50(33(2)3)58(74)71-19-8-11-47(71)57(73)63-34(4)37-12-14-38(15-13-37)55-35(5)62-32-77-55/h7,9-10,12-15,23-26,32-34,40-43,47,50,64,72H,6,8,11,16-22,27-31H2,1-5H3,(H,63,73). The maximum atomic E-state index is 17.2. The van der Waals surface area contributed by atoms with E-state index in [0.717, 1.165) is 115 Å². The third-order valence-electron chi connectivity index (χ3n) is 17.1. The number of thiazole rings is 1. The number of halogens is 1. The Hall–Kier alpha value is -6.76. The Morgan fingerprint density at radius 1 is 0.935 bits per heavy atom. The molecule has 7 atom stereocenters. The summed E-state index contributed by atoms with van der Waals surface area (Å²) in [6, 6.07) is 19.4. The summed E-state index contributed by atoms with van der Waals surface area (Å²) in [5.74, 6) is 1.31. The van der Waals surface area contributed by atoms with Crippen molar-refractivity contribution in [3.8, 4) is 33.5 Å². The highest BCUT2D eigenvalue weighted by atomic mass is 32.1. The molecule has 18 heteroatoms. The van der Waals surface area contributed by atoms with Crippen LogP contribution in [0.15, 0.2) is 76.9 Å². The zero-order chi connectivity index (χ0) is 53.1. The third-order valence-corrected chi connectivity index (χ3v) is 18.0. The summed E-state index contributed by atoms with van der Waals surface area (Å²) in [6.07, 6.45) is 6.95. The normalized spacial score (nSPS) is 22.3. The number of piperidine rings is 1. The number of ether oxygens (including phenoxy) is 1. The van der Waals surface area contributed by atoms with Crippen LogP contribution in [-0.4, -0.2) is 129 Å². The predicted molar refractivity (Wildman–Crippen MR) is 297 cm³/mol. The number of nitrogens with one attached hydrogen (secondary N) is 2. The molecule has 0 spiro atoms. The van der Waals surface area contributed by atoms with E-state index < -0.39 is 17.8 Å². The lowest BCUT2D eigenvalue weighted by Gasteiger charge is -2.34. The second-order valence-electron chi connectivity index (χ2n) is 22.4. The molecule has 402 valence electrons. The number of phenolic OH excluding ortho intramolecular Hbond substituents is 1. The summed E-state index contributed by atoms with van der Waals surface area (Å²) in [6.45, 7) is 16.5. The quantitative estimate of drug-likeness (QED) is 0.0886. The van der Waals surface area contributed by atoms with Crippen molar-refractivity contribution < 1.29 is 28.3 Å². The number of carbonyl (C=O) groups excluding carboxylic acids is 2. The molecule has 12 rings (SSSR count). The number of hydrogen-bond donors (Lipinski definition) is 3. The summed E-state index contributed by atoms with van der Waals surface area (Å²) in [7, 11) is 0.